The summed E-state index contributed by atoms with van der Waals surface area (Å²) in [6, 6.07) is 22.1. The summed E-state index contributed by atoms with van der Waals surface area (Å²) >= 11 is 0. The lowest BCUT2D eigenvalue weighted by Gasteiger charge is -2.10. The lowest BCUT2D eigenvalue weighted by molar-refractivity contribution is 0.112. The van der Waals surface area contributed by atoms with Gasteiger partial charge in [0.1, 0.15) is 5.75 Å². The Morgan fingerprint density at radius 1 is 0.864 bits per heavy atom. The van der Waals surface area contributed by atoms with E-state index in [1.807, 2.05) is 54.6 Å². The molecule has 0 amide bonds. The SMILES string of the molecule is O=Cc1c(OCCCc2ccccc2)ccc2ccccc12. The largest absolute Gasteiger partial charge is 0.493 e. The van der Waals surface area contributed by atoms with Gasteiger partial charge in [-0.3, -0.25) is 4.79 Å². The molecule has 3 aromatic rings. The highest BCUT2D eigenvalue weighted by Gasteiger charge is 2.07. The van der Waals surface area contributed by atoms with Crippen molar-refractivity contribution in [3.63, 3.8) is 0 Å². The Hall–Kier alpha value is -2.61. The van der Waals surface area contributed by atoms with Gasteiger partial charge < -0.3 is 4.74 Å². The van der Waals surface area contributed by atoms with Gasteiger partial charge in [0.2, 0.25) is 0 Å². The van der Waals surface area contributed by atoms with E-state index in [1.165, 1.54) is 5.56 Å². The fraction of sp³-hybridized carbons (Fsp3) is 0.150. The van der Waals surface area contributed by atoms with Crippen molar-refractivity contribution < 1.29 is 9.53 Å². The van der Waals surface area contributed by atoms with E-state index in [4.69, 9.17) is 4.74 Å². The molecule has 2 heteroatoms. The van der Waals surface area contributed by atoms with E-state index in [0.29, 0.717) is 17.9 Å². The normalized spacial score (nSPS) is 10.5. The molecule has 3 rings (SSSR count). The van der Waals surface area contributed by atoms with Crippen LogP contribution in [0, 0.1) is 0 Å². The summed E-state index contributed by atoms with van der Waals surface area (Å²) in [4.78, 5) is 11.4. The molecule has 0 aliphatic carbocycles. The molecule has 22 heavy (non-hydrogen) atoms. The van der Waals surface area contributed by atoms with Gasteiger partial charge >= 0.3 is 0 Å². The van der Waals surface area contributed by atoms with Gasteiger partial charge in [0.25, 0.3) is 0 Å². The van der Waals surface area contributed by atoms with Crippen molar-refractivity contribution in [1.29, 1.82) is 0 Å². The fourth-order valence-electron chi connectivity index (χ4n) is 2.63. The van der Waals surface area contributed by atoms with Gasteiger partial charge in [0, 0.05) is 0 Å². The van der Waals surface area contributed by atoms with Gasteiger partial charge in [-0.2, -0.15) is 0 Å². The van der Waals surface area contributed by atoms with E-state index in [2.05, 4.69) is 12.1 Å². The molecule has 0 saturated carbocycles. The maximum atomic E-state index is 11.4. The topological polar surface area (TPSA) is 26.3 Å². The zero-order valence-corrected chi connectivity index (χ0v) is 12.4. The van der Waals surface area contributed by atoms with E-state index < -0.39 is 0 Å². The number of carbonyl (C=O) groups excluding carboxylic acids is 1. The first-order chi connectivity index (χ1) is 10.9. The molecule has 0 aliphatic rings. The molecule has 3 aromatic carbocycles. The van der Waals surface area contributed by atoms with Crippen molar-refractivity contribution in [2.45, 2.75) is 12.8 Å². The Morgan fingerprint density at radius 2 is 1.64 bits per heavy atom. The number of benzene rings is 3. The van der Waals surface area contributed by atoms with Crippen LogP contribution in [0.5, 0.6) is 5.75 Å². The fourth-order valence-corrected chi connectivity index (χ4v) is 2.63. The average Bonchev–Trinajstić information content (AvgIpc) is 2.59. The quantitative estimate of drug-likeness (QED) is 0.487. The third-order valence-electron chi connectivity index (χ3n) is 3.76. The van der Waals surface area contributed by atoms with E-state index >= 15 is 0 Å². The maximum Gasteiger partial charge on any atom is 0.154 e. The van der Waals surface area contributed by atoms with Crippen LogP contribution in [0.3, 0.4) is 0 Å². The van der Waals surface area contributed by atoms with Gasteiger partial charge in [-0.05, 0) is 35.2 Å². The van der Waals surface area contributed by atoms with E-state index in [0.717, 1.165) is 29.9 Å². The third kappa shape index (κ3) is 3.17. The number of aryl methyl sites for hydroxylation is 1. The van der Waals surface area contributed by atoms with Crippen molar-refractivity contribution in [3.8, 4) is 5.75 Å². The standard InChI is InChI=1S/C20H18O2/c21-15-19-18-11-5-4-10-17(18)12-13-20(19)22-14-6-9-16-7-2-1-3-8-16/h1-5,7-8,10-13,15H,6,9,14H2. The number of rotatable bonds is 6. The number of carbonyl (C=O) groups is 1. The zero-order chi connectivity index (χ0) is 15.2. The lowest BCUT2D eigenvalue weighted by Crippen LogP contribution is -2.02. The Morgan fingerprint density at radius 3 is 2.45 bits per heavy atom. The molecule has 0 heterocycles. The van der Waals surface area contributed by atoms with Gasteiger partial charge in [-0.25, -0.2) is 0 Å². The Bertz CT molecular complexity index is 763. The number of hydrogen-bond donors (Lipinski definition) is 0. The zero-order valence-electron chi connectivity index (χ0n) is 12.4. The molecule has 2 nitrogen and oxygen atoms in total. The minimum absolute atomic E-state index is 0.605. The summed E-state index contributed by atoms with van der Waals surface area (Å²) in [5.74, 6) is 0.668. The van der Waals surface area contributed by atoms with Crippen LogP contribution in [0.4, 0.5) is 0 Å². The van der Waals surface area contributed by atoms with Crippen molar-refractivity contribution in [2.24, 2.45) is 0 Å². The number of hydrogen-bond acceptors (Lipinski definition) is 2. The van der Waals surface area contributed by atoms with Gasteiger partial charge in [-0.1, -0.05) is 60.7 Å². The Kier molecular flexibility index (Phi) is 4.50. The van der Waals surface area contributed by atoms with Crippen LogP contribution in [0.2, 0.25) is 0 Å². The molecule has 0 saturated heterocycles. The second kappa shape index (κ2) is 6.90. The highest BCUT2D eigenvalue weighted by atomic mass is 16.5. The Balaban J connectivity index is 1.67. The molecule has 0 unspecified atom stereocenters. The van der Waals surface area contributed by atoms with Crippen LogP contribution in [-0.4, -0.2) is 12.9 Å². The summed E-state index contributed by atoms with van der Waals surface area (Å²) < 4.78 is 5.83. The van der Waals surface area contributed by atoms with Gasteiger partial charge in [-0.15, -0.1) is 0 Å². The van der Waals surface area contributed by atoms with Crippen LogP contribution in [-0.2, 0) is 6.42 Å². The van der Waals surface area contributed by atoms with Crippen molar-refractivity contribution in [3.05, 3.63) is 77.9 Å². The summed E-state index contributed by atoms with van der Waals surface area (Å²) in [5, 5.41) is 2.00. The van der Waals surface area contributed by atoms with E-state index in [9.17, 15) is 4.79 Å². The summed E-state index contributed by atoms with van der Waals surface area (Å²) in [6.07, 6.45) is 2.79. The minimum Gasteiger partial charge on any atom is -0.493 e. The van der Waals surface area contributed by atoms with Crippen LogP contribution in [0.25, 0.3) is 10.8 Å². The molecule has 0 N–H and O–H groups in total. The monoisotopic (exact) mass is 290 g/mol. The highest BCUT2D eigenvalue weighted by Crippen LogP contribution is 2.26. The average molecular weight is 290 g/mol. The number of fused-ring (bicyclic) bond motifs is 1. The second-order valence-electron chi connectivity index (χ2n) is 5.25. The highest BCUT2D eigenvalue weighted by molar-refractivity contribution is 6.00. The predicted molar refractivity (Wildman–Crippen MR) is 89.6 cm³/mol. The number of aldehydes is 1. The first-order valence-electron chi connectivity index (χ1n) is 7.52. The summed E-state index contributed by atoms with van der Waals surface area (Å²) in [6.45, 7) is 0.605. The molecular weight excluding hydrogens is 272 g/mol. The minimum atomic E-state index is 0.605. The maximum absolute atomic E-state index is 11.4. The van der Waals surface area contributed by atoms with Gasteiger partial charge in [0.15, 0.2) is 6.29 Å². The summed E-state index contributed by atoms with van der Waals surface area (Å²) in [7, 11) is 0. The summed E-state index contributed by atoms with van der Waals surface area (Å²) in [5.41, 5.74) is 1.94. The number of ether oxygens (including phenoxy) is 1. The van der Waals surface area contributed by atoms with Gasteiger partial charge in [0.05, 0.1) is 12.2 Å². The lowest BCUT2D eigenvalue weighted by atomic mass is 10.0. The third-order valence-corrected chi connectivity index (χ3v) is 3.76. The van der Waals surface area contributed by atoms with E-state index in [-0.39, 0.29) is 0 Å². The van der Waals surface area contributed by atoms with E-state index in [1.54, 1.807) is 0 Å². The second-order valence-corrected chi connectivity index (χ2v) is 5.25. The molecule has 0 fully saturated rings. The van der Waals surface area contributed by atoms with Crippen LogP contribution >= 0.6 is 0 Å². The molecule has 110 valence electrons. The first-order valence-corrected chi connectivity index (χ1v) is 7.52. The smallest absolute Gasteiger partial charge is 0.154 e. The molecule has 0 spiro atoms. The predicted octanol–water partition coefficient (Wildman–Crippen LogP) is 4.66. The van der Waals surface area contributed by atoms with Crippen LogP contribution in [0.1, 0.15) is 22.3 Å². The molecule has 0 aliphatic heterocycles. The van der Waals surface area contributed by atoms with Crippen LogP contribution in [0.15, 0.2) is 66.7 Å². The van der Waals surface area contributed by atoms with Crippen LogP contribution < -0.4 is 4.74 Å². The molecular formula is C20H18O2. The van der Waals surface area contributed by atoms with Crippen molar-refractivity contribution in [2.75, 3.05) is 6.61 Å². The molecule has 0 radical (unpaired) electrons. The first kappa shape index (κ1) is 14.3. The Labute approximate surface area is 130 Å². The van der Waals surface area contributed by atoms with Crippen molar-refractivity contribution in [1.82, 2.24) is 0 Å². The van der Waals surface area contributed by atoms with Crippen molar-refractivity contribution >= 4 is 17.1 Å². The molecule has 0 bridgehead atoms. The molecule has 0 atom stereocenters. The molecule has 0 aromatic heterocycles.